The fourth-order valence-electron chi connectivity index (χ4n) is 5.64. The summed E-state index contributed by atoms with van der Waals surface area (Å²) in [6.07, 6.45) is 5.15. The molecule has 214 valence electrons. The van der Waals surface area contributed by atoms with Gasteiger partial charge in [0.15, 0.2) is 5.13 Å². The lowest BCUT2D eigenvalue weighted by atomic mass is 9.87. The number of benzene rings is 1. The van der Waals surface area contributed by atoms with E-state index in [-0.39, 0.29) is 30.4 Å². The van der Waals surface area contributed by atoms with Crippen molar-refractivity contribution in [1.82, 2.24) is 19.2 Å². The molecule has 0 bridgehead atoms. The molecule has 11 nitrogen and oxygen atoms in total. The van der Waals surface area contributed by atoms with Gasteiger partial charge in [-0.3, -0.25) is 4.79 Å². The molecule has 3 aromatic rings. The van der Waals surface area contributed by atoms with Crippen LogP contribution in [0.3, 0.4) is 0 Å². The van der Waals surface area contributed by atoms with Gasteiger partial charge in [0.05, 0.1) is 17.9 Å². The van der Waals surface area contributed by atoms with Crippen LogP contribution in [0, 0.1) is 5.92 Å². The van der Waals surface area contributed by atoms with E-state index in [4.69, 9.17) is 10.5 Å². The van der Waals surface area contributed by atoms with E-state index in [1.807, 2.05) is 0 Å². The Morgan fingerprint density at radius 1 is 1.12 bits per heavy atom. The topological polar surface area (TPSA) is 148 Å². The number of sulfonamides is 1. The van der Waals surface area contributed by atoms with Crippen LogP contribution in [0.2, 0.25) is 0 Å². The van der Waals surface area contributed by atoms with Crippen molar-refractivity contribution in [3.05, 3.63) is 42.0 Å². The zero-order valence-electron chi connectivity index (χ0n) is 22.6. The van der Waals surface area contributed by atoms with Crippen LogP contribution >= 0.6 is 11.3 Å². The van der Waals surface area contributed by atoms with Crippen molar-refractivity contribution < 1.29 is 22.7 Å². The normalized spacial score (nSPS) is 19.6. The number of pyridine rings is 1. The average molecular weight is 587 g/mol. The molecular weight excluding hydrogens is 552 g/mol. The molecule has 0 radical (unpaired) electrons. The number of thiazole rings is 1. The molecule has 13 heteroatoms. The summed E-state index contributed by atoms with van der Waals surface area (Å²) in [6.45, 7) is 2.42. The highest BCUT2D eigenvalue weighted by Crippen LogP contribution is 2.36. The van der Waals surface area contributed by atoms with E-state index in [1.165, 1.54) is 20.5 Å². The van der Waals surface area contributed by atoms with Gasteiger partial charge in [-0.2, -0.15) is 4.31 Å². The van der Waals surface area contributed by atoms with E-state index in [1.54, 1.807) is 50.4 Å². The second-order valence-corrected chi connectivity index (χ2v) is 13.3. The lowest BCUT2D eigenvalue weighted by Crippen LogP contribution is -2.56. The quantitative estimate of drug-likeness (QED) is 0.408. The maximum atomic E-state index is 13.6. The number of nitrogens with zero attached hydrogens (tertiary/aromatic N) is 4. The van der Waals surface area contributed by atoms with Gasteiger partial charge >= 0.3 is 6.03 Å². The summed E-state index contributed by atoms with van der Waals surface area (Å²) in [4.78, 5) is 36.3. The molecule has 3 N–H and O–H groups in total. The number of carbonyl (C=O) groups excluding carboxylic acids is 2. The first-order valence-electron chi connectivity index (χ1n) is 13.4. The molecule has 3 amide bonds. The van der Waals surface area contributed by atoms with Crippen molar-refractivity contribution in [2.45, 2.75) is 55.9 Å². The minimum atomic E-state index is -3.79. The smallest absolute Gasteiger partial charge is 0.314 e. The number of rotatable bonds is 8. The van der Waals surface area contributed by atoms with Gasteiger partial charge in [0, 0.05) is 31.7 Å². The summed E-state index contributed by atoms with van der Waals surface area (Å²) in [5.74, 6) is 0.285. The van der Waals surface area contributed by atoms with Crippen molar-refractivity contribution in [2.75, 3.05) is 32.1 Å². The van der Waals surface area contributed by atoms with Crippen LogP contribution in [-0.2, 0) is 14.8 Å². The lowest BCUT2D eigenvalue weighted by molar-refractivity contribution is -0.118. The Morgan fingerprint density at radius 2 is 1.85 bits per heavy atom. The lowest BCUT2D eigenvalue weighted by Gasteiger charge is -2.38. The molecule has 1 aliphatic carbocycles. The van der Waals surface area contributed by atoms with E-state index < -0.39 is 28.0 Å². The van der Waals surface area contributed by atoms with E-state index in [2.05, 4.69) is 15.3 Å². The molecule has 2 aliphatic rings. The third-order valence-corrected chi connectivity index (χ3v) is 10.7. The number of piperazine rings is 1. The third-order valence-electron chi connectivity index (χ3n) is 7.80. The number of nitrogens with one attached hydrogen (secondary N) is 1. The molecule has 40 heavy (non-hydrogen) atoms. The Labute approximate surface area is 237 Å². The summed E-state index contributed by atoms with van der Waals surface area (Å²) < 4.78 is 33.5. The highest BCUT2D eigenvalue weighted by atomic mass is 32.2. The van der Waals surface area contributed by atoms with Gasteiger partial charge in [-0.1, -0.05) is 49.2 Å². The third kappa shape index (κ3) is 5.91. The summed E-state index contributed by atoms with van der Waals surface area (Å²) >= 11 is 1.28. The van der Waals surface area contributed by atoms with Crippen LogP contribution in [0.15, 0.2) is 41.3 Å². The Morgan fingerprint density at radius 3 is 2.50 bits per heavy atom. The van der Waals surface area contributed by atoms with Gasteiger partial charge in [-0.05, 0) is 43.0 Å². The van der Waals surface area contributed by atoms with Crippen molar-refractivity contribution in [2.24, 2.45) is 11.7 Å². The van der Waals surface area contributed by atoms with Crippen LogP contribution in [0.1, 0.15) is 50.5 Å². The number of ether oxygens (including phenoxy) is 1. The number of anilines is 1. The van der Waals surface area contributed by atoms with Crippen LogP contribution in [0.5, 0.6) is 5.88 Å². The number of methoxy groups -OCH3 is 1. The van der Waals surface area contributed by atoms with Crippen LogP contribution in [0.25, 0.3) is 10.3 Å². The molecule has 2 unspecified atom stereocenters. The standard InChI is InChI=1S/C27H34N6O5S2/c1-17-16-32(26(28)35)13-14-33(17)40(36,37)20-9-7-19(8-10-20)21(15-18-5-3-4-6-18)24(34)31-27-29-22-11-12-23(38-2)30-25(22)39-27/h7-12,17-18,21H,3-6,13-16H2,1-2H3,(H2,28,35)(H,29,31,34). The number of hydrogen-bond donors (Lipinski definition) is 2. The van der Waals surface area contributed by atoms with Gasteiger partial charge in [0.2, 0.25) is 21.8 Å². The molecule has 0 spiro atoms. The Balaban J connectivity index is 1.36. The Hall–Kier alpha value is -3.29. The molecule has 2 fully saturated rings. The second kappa shape index (κ2) is 11.7. The summed E-state index contributed by atoms with van der Waals surface area (Å²) in [6, 6.07) is 9.18. The van der Waals surface area contributed by atoms with Crippen molar-refractivity contribution in [3.8, 4) is 5.88 Å². The fraction of sp³-hybridized carbons (Fsp3) is 0.481. The molecule has 5 rings (SSSR count). The van der Waals surface area contributed by atoms with Gasteiger partial charge in [0.1, 0.15) is 10.3 Å². The van der Waals surface area contributed by atoms with Crippen LogP contribution in [0.4, 0.5) is 9.93 Å². The van der Waals surface area contributed by atoms with Gasteiger partial charge in [-0.15, -0.1) is 0 Å². The zero-order chi connectivity index (χ0) is 28.4. The van der Waals surface area contributed by atoms with Gasteiger partial charge in [0.25, 0.3) is 0 Å². The van der Waals surface area contributed by atoms with E-state index in [0.29, 0.717) is 33.7 Å². The second-order valence-electron chi connectivity index (χ2n) is 10.4. The number of amides is 3. The monoisotopic (exact) mass is 586 g/mol. The van der Waals surface area contributed by atoms with Crippen LogP contribution in [-0.4, -0.2) is 72.3 Å². The summed E-state index contributed by atoms with van der Waals surface area (Å²) in [5.41, 5.74) is 6.81. The number of aromatic nitrogens is 2. The van der Waals surface area contributed by atoms with Gasteiger partial charge < -0.3 is 20.7 Å². The Kier molecular flexibility index (Phi) is 8.24. The van der Waals surface area contributed by atoms with Gasteiger partial charge in [-0.25, -0.2) is 23.2 Å². The maximum absolute atomic E-state index is 13.6. The molecule has 1 aromatic carbocycles. The minimum Gasteiger partial charge on any atom is -0.481 e. The average Bonchev–Trinajstić information content (AvgIpc) is 3.60. The minimum absolute atomic E-state index is 0.154. The molecule has 2 aromatic heterocycles. The van der Waals surface area contributed by atoms with E-state index in [9.17, 15) is 18.0 Å². The van der Waals surface area contributed by atoms with Crippen molar-refractivity contribution in [1.29, 1.82) is 0 Å². The van der Waals surface area contributed by atoms with Crippen molar-refractivity contribution >= 4 is 48.8 Å². The number of urea groups is 1. The molecule has 1 saturated heterocycles. The van der Waals surface area contributed by atoms with Crippen molar-refractivity contribution in [3.63, 3.8) is 0 Å². The molecular formula is C27H34N6O5S2. The summed E-state index contributed by atoms with van der Waals surface area (Å²) in [5, 5.41) is 3.43. The maximum Gasteiger partial charge on any atom is 0.314 e. The fourth-order valence-corrected chi connectivity index (χ4v) is 8.09. The molecule has 3 heterocycles. The first-order valence-corrected chi connectivity index (χ1v) is 15.7. The highest BCUT2D eigenvalue weighted by molar-refractivity contribution is 7.89. The predicted molar refractivity (Wildman–Crippen MR) is 153 cm³/mol. The predicted octanol–water partition coefficient (Wildman–Crippen LogP) is 3.78. The first-order chi connectivity index (χ1) is 19.2. The number of primary amides is 1. The molecule has 1 saturated carbocycles. The SMILES string of the molecule is COc1ccc2nc(NC(=O)C(CC3CCCC3)c3ccc(S(=O)(=O)N4CCN(C(N)=O)CC4C)cc3)sc2n1. The number of fused-ring (bicyclic) bond motifs is 1. The largest absolute Gasteiger partial charge is 0.481 e. The van der Waals surface area contributed by atoms with Crippen LogP contribution < -0.4 is 15.8 Å². The number of carbonyl (C=O) groups is 2. The van der Waals surface area contributed by atoms with E-state index in [0.717, 1.165) is 31.2 Å². The zero-order valence-corrected chi connectivity index (χ0v) is 24.2. The molecule has 2 atom stereocenters. The Bertz CT molecular complexity index is 1490. The molecule has 1 aliphatic heterocycles. The first kappa shape index (κ1) is 28.2. The summed E-state index contributed by atoms with van der Waals surface area (Å²) in [7, 11) is -2.24. The van der Waals surface area contributed by atoms with E-state index >= 15 is 0 Å². The number of hydrogen-bond acceptors (Lipinski definition) is 8. The highest BCUT2D eigenvalue weighted by Gasteiger charge is 2.35. The number of nitrogens with two attached hydrogens (primary N) is 1.